The summed E-state index contributed by atoms with van der Waals surface area (Å²) in [5.41, 5.74) is -0.380. The molecule has 1 rings (SSSR count). The second kappa shape index (κ2) is 6.10. The monoisotopic (exact) mass is 271 g/mol. The van der Waals surface area contributed by atoms with Gasteiger partial charge < -0.3 is 10.1 Å². The molecule has 5 heteroatoms. The van der Waals surface area contributed by atoms with Gasteiger partial charge in [-0.05, 0) is 45.9 Å². The molecule has 0 saturated carbocycles. The van der Waals surface area contributed by atoms with Crippen LogP contribution >= 0.6 is 0 Å². The lowest BCUT2D eigenvalue weighted by Gasteiger charge is -2.21. The predicted molar refractivity (Wildman–Crippen MR) is 68.6 cm³/mol. The molecule has 0 aliphatic carbocycles. The number of carbonyl (C=O) groups is 1. The van der Waals surface area contributed by atoms with Crippen LogP contribution in [0.5, 0.6) is 0 Å². The minimum absolute atomic E-state index is 0.0611. The van der Waals surface area contributed by atoms with E-state index in [0.29, 0.717) is 0 Å². The maximum absolute atomic E-state index is 13.5. The molecule has 0 fully saturated rings. The van der Waals surface area contributed by atoms with Crippen molar-refractivity contribution in [3.63, 3.8) is 0 Å². The zero-order valence-electron chi connectivity index (χ0n) is 11.6. The van der Waals surface area contributed by atoms with Crippen molar-refractivity contribution in [3.8, 4) is 0 Å². The van der Waals surface area contributed by atoms with Gasteiger partial charge in [0.25, 0.3) is 0 Å². The Morgan fingerprint density at radius 1 is 1.37 bits per heavy atom. The molecular formula is C14H19F2NO2. The van der Waals surface area contributed by atoms with Crippen molar-refractivity contribution >= 4 is 5.97 Å². The summed E-state index contributed by atoms with van der Waals surface area (Å²) in [5, 5.41) is 2.81. The summed E-state index contributed by atoms with van der Waals surface area (Å²) in [7, 11) is 0. The lowest BCUT2D eigenvalue weighted by atomic mass is 10.1. The molecule has 106 valence electrons. The molecule has 1 aromatic rings. The number of ether oxygens (including phenoxy) is 1. The van der Waals surface area contributed by atoms with Gasteiger partial charge in [0.1, 0.15) is 17.2 Å². The molecule has 0 aliphatic rings. The Bertz CT molecular complexity index is 455. The second-order valence-electron chi connectivity index (χ2n) is 5.35. The Morgan fingerprint density at radius 2 is 2.00 bits per heavy atom. The van der Waals surface area contributed by atoms with Gasteiger partial charge in [-0.25, -0.2) is 8.78 Å². The Hall–Kier alpha value is -1.49. The van der Waals surface area contributed by atoms with Gasteiger partial charge in [-0.2, -0.15) is 0 Å². The van der Waals surface area contributed by atoms with E-state index < -0.39 is 29.2 Å². The number of rotatable bonds is 4. The first-order chi connectivity index (χ1) is 8.69. The molecule has 1 aromatic carbocycles. The van der Waals surface area contributed by atoms with Gasteiger partial charge in [-0.3, -0.25) is 4.79 Å². The standard InChI is InChI=1S/C14H19F2NO2/c1-9(11-7-10(15)5-6-12(11)16)17-8-13(18)19-14(2,3)4/h5-7,9,17H,8H2,1-4H3. The lowest BCUT2D eigenvalue weighted by molar-refractivity contribution is -0.153. The number of hydrogen-bond donors (Lipinski definition) is 1. The minimum atomic E-state index is -0.563. The third-order valence-corrected chi connectivity index (χ3v) is 2.40. The van der Waals surface area contributed by atoms with Gasteiger partial charge in [0.2, 0.25) is 0 Å². The van der Waals surface area contributed by atoms with Crippen molar-refractivity contribution in [2.45, 2.75) is 39.3 Å². The molecule has 0 bridgehead atoms. The van der Waals surface area contributed by atoms with Crippen LogP contribution in [0.2, 0.25) is 0 Å². The molecule has 19 heavy (non-hydrogen) atoms. The summed E-state index contributed by atoms with van der Waals surface area (Å²) < 4.78 is 31.6. The third kappa shape index (κ3) is 5.34. The summed E-state index contributed by atoms with van der Waals surface area (Å²) >= 11 is 0. The lowest BCUT2D eigenvalue weighted by Crippen LogP contribution is -2.33. The van der Waals surface area contributed by atoms with E-state index in [1.165, 1.54) is 0 Å². The number of nitrogens with one attached hydrogen (secondary N) is 1. The normalized spacial score (nSPS) is 13.2. The molecule has 0 heterocycles. The highest BCUT2D eigenvalue weighted by atomic mass is 19.1. The van der Waals surface area contributed by atoms with Gasteiger partial charge in [-0.1, -0.05) is 0 Å². The Labute approximate surface area is 112 Å². The average molecular weight is 271 g/mol. The van der Waals surface area contributed by atoms with Crippen LogP contribution in [0.4, 0.5) is 8.78 Å². The Balaban J connectivity index is 2.58. The second-order valence-corrected chi connectivity index (χ2v) is 5.35. The number of hydrogen-bond acceptors (Lipinski definition) is 3. The topological polar surface area (TPSA) is 38.3 Å². The maximum atomic E-state index is 13.5. The highest BCUT2D eigenvalue weighted by molar-refractivity contribution is 5.72. The summed E-state index contributed by atoms with van der Waals surface area (Å²) in [5.74, 6) is -1.45. The van der Waals surface area contributed by atoms with E-state index in [1.807, 2.05) is 0 Å². The van der Waals surface area contributed by atoms with Crippen molar-refractivity contribution in [1.29, 1.82) is 0 Å². The van der Waals surface area contributed by atoms with Crippen molar-refractivity contribution in [2.24, 2.45) is 0 Å². The summed E-state index contributed by atoms with van der Waals surface area (Å²) in [4.78, 5) is 11.5. The van der Waals surface area contributed by atoms with Crippen LogP contribution in [-0.2, 0) is 9.53 Å². The molecule has 0 aliphatic heterocycles. The quantitative estimate of drug-likeness (QED) is 0.856. The zero-order chi connectivity index (χ0) is 14.6. The molecule has 0 spiro atoms. The molecule has 1 N–H and O–H groups in total. The smallest absolute Gasteiger partial charge is 0.320 e. The highest BCUT2D eigenvalue weighted by Crippen LogP contribution is 2.17. The summed E-state index contributed by atoms with van der Waals surface area (Å²) in [6.45, 7) is 6.89. The molecule has 0 amide bonds. The molecule has 0 aromatic heterocycles. The first-order valence-corrected chi connectivity index (χ1v) is 6.09. The fourth-order valence-electron chi connectivity index (χ4n) is 1.57. The van der Waals surface area contributed by atoms with Crippen molar-refractivity contribution in [2.75, 3.05) is 6.54 Å². The van der Waals surface area contributed by atoms with E-state index in [4.69, 9.17) is 4.74 Å². The molecular weight excluding hydrogens is 252 g/mol. The van der Waals surface area contributed by atoms with Gasteiger partial charge in [0, 0.05) is 11.6 Å². The molecule has 1 atom stereocenters. The highest BCUT2D eigenvalue weighted by Gasteiger charge is 2.18. The third-order valence-electron chi connectivity index (χ3n) is 2.40. The SMILES string of the molecule is CC(NCC(=O)OC(C)(C)C)c1cc(F)ccc1F. The summed E-state index contributed by atoms with van der Waals surface area (Å²) in [6.07, 6.45) is 0. The van der Waals surface area contributed by atoms with Crippen molar-refractivity contribution in [3.05, 3.63) is 35.4 Å². The molecule has 0 saturated heterocycles. The van der Waals surface area contributed by atoms with E-state index in [0.717, 1.165) is 18.2 Å². The molecule has 1 unspecified atom stereocenters. The van der Waals surface area contributed by atoms with E-state index in [-0.39, 0.29) is 12.1 Å². The average Bonchev–Trinajstić information content (AvgIpc) is 2.27. The minimum Gasteiger partial charge on any atom is -0.459 e. The number of benzene rings is 1. The first kappa shape index (κ1) is 15.6. The largest absolute Gasteiger partial charge is 0.459 e. The van der Waals surface area contributed by atoms with Crippen LogP contribution < -0.4 is 5.32 Å². The van der Waals surface area contributed by atoms with Crippen molar-refractivity contribution in [1.82, 2.24) is 5.32 Å². The van der Waals surface area contributed by atoms with Crippen LogP contribution in [0.15, 0.2) is 18.2 Å². The Kier molecular flexibility index (Phi) is 5.00. The van der Waals surface area contributed by atoms with E-state index in [9.17, 15) is 13.6 Å². The van der Waals surface area contributed by atoms with Crippen LogP contribution in [-0.4, -0.2) is 18.1 Å². The fraction of sp³-hybridized carbons (Fsp3) is 0.500. The zero-order valence-corrected chi connectivity index (χ0v) is 11.6. The van der Waals surface area contributed by atoms with E-state index in [1.54, 1.807) is 27.7 Å². The van der Waals surface area contributed by atoms with Gasteiger partial charge in [0.15, 0.2) is 0 Å². The number of esters is 1. The predicted octanol–water partition coefficient (Wildman–Crippen LogP) is 2.96. The van der Waals surface area contributed by atoms with Crippen LogP contribution in [0.3, 0.4) is 0 Å². The van der Waals surface area contributed by atoms with Crippen LogP contribution in [0, 0.1) is 11.6 Å². The summed E-state index contributed by atoms with van der Waals surface area (Å²) in [6, 6.07) is 2.75. The molecule has 0 radical (unpaired) electrons. The first-order valence-electron chi connectivity index (χ1n) is 6.09. The van der Waals surface area contributed by atoms with Crippen LogP contribution in [0.1, 0.15) is 39.3 Å². The maximum Gasteiger partial charge on any atom is 0.320 e. The Morgan fingerprint density at radius 3 is 2.58 bits per heavy atom. The van der Waals surface area contributed by atoms with Gasteiger partial charge in [0.05, 0.1) is 6.54 Å². The number of carbonyl (C=O) groups excluding carboxylic acids is 1. The van der Waals surface area contributed by atoms with Crippen LogP contribution in [0.25, 0.3) is 0 Å². The van der Waals surface area contributed by atoms with Gasteiger partial charge in [-0.15, -0.1) is 0 Å². The molecule has 3 nitrogen and oxygen atoms in total. The van der Waals surface area contributed by atoms with Gasteiger partial charge >= 0.3 is 5.97 Å². The van der Waals surface area contributed by atoms with E-state index >= 15 is 0 Å². The number of halogens is 2. The van der Waals surface area contributed by atoms with Crippen molar-refractivity contribution < 1.29 is 18.3 Å². The fourth-order valence-corrected chi connectivity index (χ4v) is 1.57. The van der Waals surface area contributed by atoms with E-state index in [2.05, 4.69) is 5.32 Å².